The normalized spacial score (nSPS) is 24.4. The Hall–Kier alpha value is -2.89. The number of hydrogen-bond acceptors (Lipinski definition) is 3. The summed E-state index contributed by atoms with van der Waals surface area (Å²) in [5.41, 5.74) is 2.04. The van der Waals surface area contributed by atoms with E-state index in [-0.39, 0.29) is 22.9 Å². The van der Waals surface area contributed by atoms with E-state index in [4.69, 9.17) is 0 Å². The summed E-state index contributed by atoms with van der Waals surface area (Å²) in [5.74, 6) is 0.341. The van der Waals surface area contributed by atoms with Gasteiger partial charge in [-0.15, -0.1) is 0 Å². The minimum Gasteiger partial charge on any atom is -0.369 e. The smallest absolute Gasteiger partial charge is 0.257 e. The van der Waals surface area contributed by atoms with Crippen molar-refractivity contribution in [1.29, 1.82) is 0 Å². The van der Waals surface area contributed by atoms with Gasteiger partial charge >= 0.3 is 0 Å². The molecule has 3 aliphatic rings. The van der Waals surface area contributed by atoms with Gasteiger partial charge in [0.05, 0.1) is 16.9 Å². The molecule has 2 unspecified atom stereocenters. The van der Waals surface area contributed by atoms with Crippen LogP contribution in [0.4, 0.5) is 25.8 Å². The molecule has 6 heteroatoms. The average Bonchev–Trinajstić information content (AvgIpc) is 3.08. The molecular weight excluding hydrogens is 384 g/mol. The maximum absolute atomic E-state index is 14.9. The highest BCUT2D eigenvalue weighted by molar-refractivity contribution is 6.31. The summed E-state index contributed by atoms with van der Waals surface area (Å²) in [4.78, 5) is 14.3. The molecule has 5 rings (SSSR count). The first-order chi connectivity index (χ1) is 14.6. The number of fused-ring (bicyclic) bond motifs is 2. The van der Waals surface area contributed by atoms with E-state index in [9.17, 15) is 13.6 Å². The molecule has 2 heterocycles. The molecule has 156 valence electrons. The third-order valence-corrected chi connectivity index (χ3v) is 6.74. The molecule has 1 saturated carbocycles. The van der Waals surface area contributed by atoms with Gasteiger partial charge in [0.25, 0.3) is 5.91 Å². The molecule has 0 aromatic heterocycles. The van der Waals surface area contributed by atoms with E-state index in [1.165, 1.54) is 44.0 Å². The second-order valence-corrected chi connectivity index (χ2v) is 8.52. The Morgan fingerprint density at radius 2 is 1.87 bits per heavy atom. The topological polar surface area (TPSA) is 44.4 Å². The first-order valence-corrected chi connectivity index (χ1v) is 10.7. The van der Waals surface area contributed by atoms with Crippen LogP contribution in [0, 0.1) is 23.5 Å². The number of benzene rings is 2. The molecule has 1 amide bonds. The van der Waals surface area contributed by atoms with Gasteiger partial charge in [0.15, 0.2) is 0 Å². The standard InChI is InChI=1S/C24H25F2N3O/c25-19-6-3-7-21-23(19)18(24(30)28-21)13-27-17-8-9-22(20(26)12-17)29-11-10-15-4-1-2-5-16(15)14-29/h3,6-9,12-13,15-16,27H,1-2,4-5,10-11,14H2,(H,28,30). The minimum absolute atomic E-state index is 0.201. The third kappa shape index (κ3) is 3.44. The molecule has 2 atom stereocenters. The van der Waals surface area contributed by atoms with Crippen LogP contribution in [0.2, 0.25) is 0 Å². The summed E-state index contributed by atoms with van der Waals surface area (Å²) >= 11 is 0. The number of nitrogens with one attached hydrogen (secondary N) is 2. The average molecular weight is 409 g/mol. The number of carbonyl (C=O) groups excluding carboxylic acids is 1. The Morgan fingerprint density at radius 1 is 1.03 bits per heavy atom. The fourth-order valence-corrected chi connectivity index (χ4v) is 5.17. The van der Waals surface area contributed by atoms with Gasteiger partial charge in [0.1, 0.15) is 11.6 Å². The fourth-order valence-electron chi connectivity index (χ4n) is 5.17. The van der Waals surface area contributed by atoms with Crippen LogP contribution in [0.3, 0.4) is 0 Å². The first-order valence-electron chi connectivity index (χ1n) is 10.7. The van der Waals surface area contributed by atoms with E-state index in [0.29, 0.717) is 23.0 Å². The first kappa shape index (κ1) is 19.1. The highest BCUT2D eigenvalue weighted by atomic mass is 19.1. The van der Waals surface area contributed by atoms with E-state index in [2.05, 4.69) is 15.5 Å². The van der Waals surface area contributed by atoms with Crippen molar-refractivity contribution in [2.45, 2.75) is 32.1 Å². The molecule has 4 nitrogen and oxygen atoms in total. The van der Waals surface area contributed by atoms with Gasteiger partial charge in [-0.3, -0.25) is 4.79 Å². The highest BCUT2D eigenvalue weighted by Gasteiger charge is 2.32. The van der Waals surface area contributed by atoms with Crippen LogP contribution < -0.4 is 15.5 Å². The van der Waals surface area contributed by atoms with Gasteiger partial charge in [-0.2, -0.15) is 0 Å². The summed E-state index contributed by atoms with van der Waals surface area (Å²) in [6, 6.07) is 9.56. The molecule has 2 N–H and O–H groups in total. The number of halogens is 2. The van der Waals surface area contributed by atoms with Gasteiger partial charge < -0.3 is 15.5 Å². The minimum atomic E-state index is -0.466. The largest absolute Gasteiger partial charge is 0.369 e. The highest BCUT2D eigenvalue weighted by Crippen LogP contribution is 2.38. The van der Waals surface area contributed by atoms with E-state index < -0.39 is 5.82 Å². The molecule has 2 aromatic rings. The van der Waals surface area contributed by atoms with Gasteiger partial charge in [0.2, 0.25) is 0 Å². The number of nitrogens with zero attached hydrogens (tertiary/aromatic N) is 1. The molecule has 2 aromatic carbocycles. The molecule has 0 radical (unpaired) electrons. The quantitative estimate of drug-likeness (QED) is 0.669. The van der Waals surface area contributed by atoms with Crippen LogP contribution in [0.25, 0.3) is 5.57 Å². The maximum atomic E-state index is 14.9. The van der Waals surface area contributed by atoms with E-state index in [0.717, 1.165) is 25.4 Å². The van der Waals surface area contributed by atoms with Crippen molar-refractivity contribution in [3.8, 4) is 0 Å². The lowest BCUT2D eigenvalue weighted by Gasteiger charge is -2.42. The Balaban J connectivity index is 1.33. The summed E-state index contributed by atoms with van der Waals surface area (Å²) < 4.78 is 29.1. The zero-order chi connectivity index (χ0) is 20.7. The van der Waals surface area contributed by atoms with Gasteiger partial charge in [-0.05, 0) is 55.0 Å². The number of rotatable bonds is 3. The SMILES string of the molecule is O=C1Nc2cccc(F)c2C1=CNc1ccc(N2CCC3CCCCC3C2)c(F)c1. The van der Waals surface area contributed by atoms with Crippen molar-refractivity contribution in [1.82, 2.24) is 0 Å². The molecule has 1 saturated heterocycles. The van der Waals surface area contributed by atoms with E-state index >= 15 is 0 Å². The van der Waals surface area contributed by atoms with Crippen LogP contribution in [-0.4, -0.2) is 19.0 Å². The number of amides is 1. The molecular formula is C24H25F2N3O. The number of hydrogen-bond donors (Lipinski definition) is 2. The van der Waals surface area contributed by atoms with Crippen LogP contribution >= 0.6 is 0 Å². The second-order valence-electron chi connectivity index (χ2n) is 8.52. The zero-order valence-corrected chi connectivity index (χ0v) is 16.8. The van der Waals surface area contributed by atoms with Crippen LogP contribution in [0.5, 0.6) is 0 Å². The van der Waals surface area contributed by atoms with E-state index in [1.54, 1.807) is 24.3 Å². The lowest BCUT2D eigenvalue weighted by molar-refractivity contribution is -0.110. The third-order valence-electron chi connectivity index (χ3n) is 6.74. The predicted molar refractivity (Wildman–Crippen MR) is 115 cm³/mol. The van der Waals surface area contributed by atoms with Crippen LogP contribution in [0.1, 0.15) is 37.7 Å². The zero-order valence-electron chi connectivity index (χ0n) is 16.8. The molecule has 2 fully saturated rings. The van der Waals surface area contributed by atoms with Gasteiger partial charge in [-0.1, -0.05) is 25.3 Å². The molecule has 2 aliphatic heterocycles. The monoisotopic (exact) mass is 409 g/mol. The number of anilines is 3. The lowest BCUT2D eigenvalue weighted by atomic mass is 9.75. The lowest BCUT2D eigenvalue weighted by Crippen LogP contribution is -2.42. The summed E-state index contributed by atoms with van der Waals surface area (Å²) in [5, 5.41) is 5.60. The Labute approximate surface area is 175 Å². The number of carbonyl (C=O) groups is 1. The van der Waals surface area contributed by atoms with Gasteiger partial charge in [0, 0.05) is 30.5 Å². The molecule has 30 heavy (non-hydrogen) atoms. The second kappa shape index (κ2) is 7.74. The maximum Gasteiger partial charge on any atom is 0.257 e. The Kier molecular flexibility index (Phi) is 4.93. The molecule has 0 spiro atoms. The van der Waals surface area contributed by atoms with Crippen molar-refractivity contribution >= 4 is 28.5 Å². The van der Waals surface area contributed by atoms with Gasteiger partial charge in [-0.25, -0.2) is 8.78 Å². The van der Waals surface area contributed by atoms with Crippen molar-refractivity contribution in [2.24, 2.45) is 11.8 Å². The Morgan fingerprint density at radius 3 is 2.70 bits per heavy atom. The van der Waals surface area contributed by atoms with Crippen molar-refractivity contribution in [3.05, 3.63) is 59.8 Å². The van der Waals surface area contributed by atoms with Crippen molar-refractivity contribution in [3.63, 3.8) is 0 Å². The predicted octanol–water partition coefficient (Wildman–Crippen LogP) is 5.39. The number of piperidine rings is 1. The summed E-state index contributed by atoms with van der Waals surface area (Å²) in [6.07, 6.45) is 7.75. The van der Waals surface area contributed by atoms with Crippen molar-refractivity contribution in [2.75, 3.05) is 28.6 Å². The van der Waals surface area contributed by atoms with Crippen molar-refractivity contribution < 1.29 is 13.6 Å². The fraction of sp³-hybridized carbons (Fsp3) is 0.375. The molecule has 0 bridgehead atoms. The summed E-state index contributed by atoms with van der Waals surface area (Å²) in [7, 11) is 0. The molecule has 1 aliphatic carbocycles. The van der Waals surface area contributed by atoms with E-state index in [1.807, 2.05) is 0 Å². The van der Waals surface area contributed by atoms with Crippen LogP contribution in [0.15, 0.2) is 42.6 Å². The Bertz CT molecular complexity index is 1020. The van der Waals surface area contributed by atoms with Crippen LogP contribution in [-0.2, 0) is 4.79 Å². The summed E-state index contributed by atoms with van der Waals surface area (Å²) in [6.45, 7) is 1.82.